The lowest BCUT2D eigenvalue weighted by Gasteiger charge is -2.20. The van der Waals surface area contributed by atoms with Crippen LogP contribution in [0.5, 0.6) is 0 Å². The van der Waals surface area contributed by atoms with E-state index in [0.717, 1.165) is 0 Å². The second-order valence-electron chi connectivity index (χ2n) is 5.16. The summed E-state index contributed by atoms with van der Waals surface area (Å²) in [6.07, 6.45) is -0.678. The van der Waals surface area contributed by atoms with Gasteiger partial charge in [-0.25, -0.2) is 9.59 Å². The Balaban J connectivity index is 3.04. The van der Waals surface area contributed by atoms with Gasteiger partial charge in [-0.15, -0.1) is 0 Å². The van der Waals surface area contributed by atoms with Crippen LogP contribution in [0.15, 0.2) is 12.1 Å². The molecule has 1 amide bonds. The number of ether oxygens (including phenoxy) is 1. The Hall–Kier alpha value is -1.51. The van der Waals surface area contributed by atoms with Gasteiger partial charge in [0.1, 0.15) is 5.60 Å². The number of nitrogen functional groups attached to an aromatic ring is 1. The van der Waals surface area contributed by atoms with Crippen LogP contribution in [0.2, 0.25) is 0 Å². The van der Waals surface area contributed by atoms with E-state index in [1.807, 2.05) is 0 Å². The maximum atomic E-state index is 11.7. The van der Waals surface area contributed by atoms with Crippen LogP contribution in [0.1, 0.15) is 36.7 Å². The number of alkyl halides is 1. The van der Waals surface area contributed by atoms with Gasteiger partial charge in [-0.05, 0) is 38.5 Å². The van der Waals surface area contributed by atoms with E-state index in [2.05, 4.69) is 27.9 Å². The molecule has 0 aromatic heterocycles. The molecule has 0 atom stereocenters. The van der Waals surface area contributed by atoms with Gasteiger partial charge in [-0.2, -0.15) is 0 Å². The lowest BCUT2D eigenvalue weighted by Crippen LogP contribution is -2.27. The highest BCUT2D eigenvalue weighted by molar-refractivity contribution is 14.1. The molecule has 4 N–H and O–H groups in total. The molecule has 7 heteroatoms. The van der Waals surface area contributed by atoms with Crippen molar-refractivity contribution in [1.82, 2.24) is 0 Å². The van der Waals surface area contributed by atoms with Crippen LogP contribution < -0.4 is 11.1 Å². The van der Waals surface area contributed by atoms with Gasteiger partial charge < -0.3 is 15.6 Å². The molecule has 6 nitrogen and oxygen atoms in total. The van der Waals surface area contributed by atoms with E-state index in [1.54, 1.807) is 26.8 Å². The summed E-state index contributed by atoms with van der Waals surface area (Å²) < 4.78 is 5.61. The Bertz CT molecular complexity index is 538. The van der Waals surface area contributed by atoms with Crippen LogP contribution in [0.3, 0.4) is 0 Å². The second-order valence-corrected chi connectivity index (χ2v) is 5.93. The molecule has 20 heavy (non-hydrogen) atoms. The number of anilines is 2. The summed E-state index contributed by atoms with van der Waals surface area (Å²) >= 11 is 2.05. The number of carboxylic acid groups (broad SMARTS) is 1. The fraction of sp³-hybridized carbons (Fsp3) is 0.385. The number of nitrogens with two attached hydrogens (primary N) is 1. The minimum Gasteiger partial charge on any atom is -0.478 e. The number of carboxylic acids is 1. The molecule has 1 rings (SSSR count). The van der Waals surface area contributed by atoms with E-state index >= 15 is 0 Å². The number of rotatable bonds is 3. The first-order valence-corrected chi connectivity index (χ1v) is 7.38. The van der Waals surface area contributed by atoms with Crippen molar-refractivity contribution in [1.29, 1.82) is 0 Å². The van der Waals surface area contributed by atoms with E-state index in [0.29, 0.717) is 15.7 Å². The smallest absolute Gasteiger partial charge is 0.412 e. The predicted molar refractivity (Wildman–Crippen MR) is 85.4 cm³/mol. The number of hydrogen-bond donors (Lipinski definition) is 3. The molecule has 0 heterocycles. The first-order chi connectivity index (χ1) is 9.14. The summed E-state index contributed by atoms with van der Waals surface area (Å²) in [7, 11) is 0. The fourth-order valence-corrected chi connectivity index (χ4v) is 2.13. The standard InChI is InChI=1S/C13H17IN2O4/c1-13(2,3)20-12(19)16-10-5-8(11(17)18)7(6-14)4-9(10)15/h4-5H,6,15H2,1-3H3,(H,16,19)(H,17,18). The molecule has 0 aliphatic heterocycles. The largest absolute Gasteiger partial charge is 0.478 e. The topological polar surface area (TPSA) is 102 Å². The van der Waals surface area contributed by atoms with Gasteiger partial charge in [0.05, 0.1) is 16.9 Å². The predicted octanol–water partition coefficient (Wildman–Crippen LogP) is 3.25. The molecule has 0 fully saturated rings. The number of amides is 1. The van der Waals surface area contributed by atoms with E-state index in [-0.39, 0.29) is 11.3 Å². The van der Waals surface area contributed by atoms with Crippen LogP contribution in [0, 0.1) is 0 Å². The minimum absolute atomic E-state index is 0.111. The Morgan fingerprint density at radius 3 is 2.45 bits per heavy atom. The number of hydrogen-bond acceptors (Lipinski definition) is 4. The third-order valence-corrected chi connectivity index (χ3v) is 3.11. The van der Waals surface area contributed by atoms with Gasteiger partial charge in [0.2, 0.25) is 0 Å². The van der Waals surface area contributed by atoms with Crippen LogP contribution in [-0.4, -0.2) is 22.8 Å². The number of carbonyl (C=O) groups is 2. The maximum absolute atomic E-state index is 11.7. The maximum Gasteiger partial charge on any atom is 0.412 e. The van der Waals surface area contributed by atoms with Gasteiger partial charge in [-0.3, -0.25) is 5.32 Å². The van der Waals surface area contributed by atoms with Crippen molar-refractivity contribution in [2.75, 3.05) is 11.1 Å². The Kier molecular flexibility index (Phi) is 5.21. The molecule has 0 radical (unpaired) electrons. The third-order valence-electron chi connectivity index (χ3n) is 2.29. The number of aromatic carboxylic acids is 1. The average Bonchev–Trinajstić information content (AvgIpc) is 2.28. The zero-order valence-corrected chi connectivity index (χ0v) is 13.6. The monoisotopic (exact) mass is 392 g/mol. The van der Waals surface area contributed by atoms with Crippen LogP contribution in [0.4, 0.5) is 16.2 Å². The van der Waals surface area contributed by atoms with Crippen molar-refractivity contribution in [3.63, 3.8) is 0 Å². The average molecular weight is 392 g/mol. The summed E-state index contributed by atoms with van der Waals surface area (Å²) in [6.45, 7) is 5.20. The molecule has 1 aromatic rings. The second kappa shape index (κ2) is 6.29. The molecule has 0 aliphatic rings. The van der Waals surface area contributed by atoms with Gasteiger partial charge in [0, 0.05) is 4.43 Å². The van der Waals surface area contributed by atoms with Crippen LogP contribution in [0.25, 0.3) is 0 Å². The third kappa shape index (κ3) is 4.55. The molecule has 0 aliphatic carbocycles. The van der Waals surface area contributed by atoms with Crippen molar-refractivity contribution in [3.8, 4) is 0 Å². The van der Waals surface area contributed by atoms with E-state index < -0.39 is 17.7 Å². The SMILES string of the molecule is CC(C)(C)OC(=O)Nc1cc(C(=O)O)c(CI)cc1N. The fourth-order valence-electron chi connectivity index (χ4n) is 1.50. The van der Waals surface area contributed by atoms with Crippen LogP contribution in [-0.2, 0) is 9.16 Å². The molecular weight excluding hydrogens is 375 g/mol. The molecule has 0 unspecified atom stereocenters. The van der Waals surface area contributed by atoms with Crippen molar-refractivity contribution in [2.24, 2.45) is 0 Å². The zero-order chi connectivity index (χ0) is 15.5. The number of benzene rings is 1. The van der Waals surface area contributed by atoms with Crippen molar-refractivity contribution >= 4 is 46.0 Å². The van der Waals surface area contributed by atoms with Gasteiger partial charge in [0.25, 0.3) is 0 Å². The van der Waals surface area contributed by atoms with Gasteiger partial charge in [0.15, 0.2) is 0 Å². The highest BCUT2D eigenvalue weighted by Gasteiger charge is 2.19. The summed E-state index contributed by atoms with van der Waals surface area (Å²) in [5.74, 6) is -1.07. The summed E-state index contributed by atoms with van der Waals surface area (Å²) in [5, 5.41) is 11.6. The minimum atomic E-state index is -1.07. The van der Waals surface area contributed by atoms with Crippen molar-refractivity contribution in [3.05, 3.63) is 23.3 Å². The molecule has 0 saturated heterocycles. The van der Waals surface area contributed by atoms with Crippen molar-refractivity contribution in [2.45, 2.75) is 30.8 Å². The molecule has 0 bridgehead atoms. The van der Waals surface area contributed by atoms with E-state index in [1.165, 1.54) is 6.07 Å². The first-order valence-electron chi connectivity index (χ1n) is 5.85. The molecule has 110 valence electrons. The lowest BCUT2D eigenvalue weighted by atomic mass is 10.1. The first kappa shape index (κ1) is 16.5. The van der Waals surface area contributed by atoms with Crippen LogP contribution >= 0.6 is 22.6 Å². The highest BCUT2D eigenvalue weighted by atomic mass is 127. The summed E-state index contributed by atoms with van der Waals surface area (Å²) in [5.41, 5.74) is 6.41. The normalized spacial score (nSPS) is 11.0. The van der Waals surface area contributed by atoms with E-state index in [4.69, 9.17) is 15.6 Å². The highest BCUT2D eigenvalue weighted by Crippen LogP contribution is 2.26. The number of halogens is 1. The molecule has 1 aromatic carbocycles. The van der Waals surface area contributed by atoms with Crippen molar-refractivity contribution < 1.29 is 19.4 Å². The van der Waals surface area contributed by atoms with Gasteiger partial charge in [-0.1, -0.05) is 22.6 Å². The Morgan fingerprint density at radius 1 is 1.40 bits per heavy atom. The molecular formula is C13H17IN2O4. The molecule has 0 spiro atoms. The Morgan fingerprint density at radius 2 is 2.00 bits per heavy atom. The summed E-state index contributed by atoms with van der Waals surface area (Å²) in [6, 6.07) is 2.89. The summed E-state index contributed by atoms with van der Waals surface area (Å²) in [4.78, 5) is 22.8. The number of carbonyl (C=O) groups excluding carboxylic acids is 1. The Labute approximate surface area is 130 Å². The molecule has 0 saturated carbocycles. The zero-order valence-electron chi connectivity index (χ0n) is 11.5. The lowest BCUT2D eigenvalue weighted by molar-refractivity contribution is 0.0632. The van der Waals surface area contributed by atoms with E-state index in [9.17, 15) is 9.59 Å². The quantitative estimate of drug-likeness (QED) is 0.417. The van der Waals surface area contributed by atoms with Gasteiger partial charge >= 0.3 is 12.1 Å². The number of nitrogens with one attached hydrogen (secondary N) is 1.